The Labute approximate surface area is 181 Å². The van der Waals surface area contributed by atoms with E-state index >= 15 is 0 Å². The van der Waals surface area contributed by atoms with E-state index in [1.807, 2.05) is 25.1 Å². The van der Waals surface area contributed by atoms with Crippen molar-refractivity contribution >= 4 is 34.8 Å². The lowest BCUT2D eigenvalue weighted by atomic mass is 9.53. The lowest BCUT2D eigenvalue weighted by molar-refractivity contribution is -0.0101. The summed E-state index contributed by atoms with van der Waals surface area (Å²) in [6.07, 6.45) is 7.64. The third-order valence-electron chi connectivity index (χ3n) is 6.93. The van der Waals surface area contributed by atoms with Crippen molar-refractivity contribution in [2.24, 2.45) is 17.8 Å². The molecule has 4 fully saturated rings. The Hall–Kier alpha value is -1.85. The molecule has 4 aliphatic carbocycles. The van der Waals surface area contributed by atoms with Crippen molar-refractivity contribution in [2.45, 2.75) is 51.0 Å². The first kappa shape index (κ1) is 19.1. The lowest BCUT2D eigenvalue weighted by Gasteiger charge is -2.57. The molecule has 6 rings (SSSR count). The van der Waals surface area contributed by atoms with Crippen LogP contribution in [0.15, 0.2) is 34.7 Å². The van der Waals surface area contributed by atoms with Gasteiger partial charge in [0, 0.05) is 16.1 Å². The van der Waals surface area contributed by atoms with Crippen LogP contribution in [0.2, 0.25) is 5.02 Å². The van der Waals surface area contributed by atoms with Crippen LogP contribution in [0.5, 0.6) is 0 Å². The van der Waals surface area contributed by atoms with Crippen LogP contribution in [0.25, 0.3) is 11.3 Å². The van der Waals surface area contributed by atoms with Gasteiger partial charge in [0.05, 0.1) is 0 Å². The molecule has 6 heteroatoms. The summed E-state index contributed by atoms with van der Waals surface area (Å²) >= 11 is 11.7. The van der Waals surface area contributed by atoms with E-state index in [4.69, 9.17) is 28.2 Å². The zero-order chi connectivity index (χ0) is 20.2. The number of aryl methyl sites for hydroxylation is 1. The molecule has 1 aromatic heterocycles. The number of halogens is 1. The zero-order valence-corrected chi connectivity index (χ0v) is 18.0. The molecule has 1 amide bonds. The van der Waals surface area contributed by atoms with Crippen molar-refractivity contribution in [3.8, 4) is 11.3 Å². The molecular formula is C23H25ClN2O2S. The maximum Gasteiger partial charge on any atom is 0.293 e. The Bertz CT molecular complexity index is 948. The fourth-order valence-corrected chi connectivity index (χ4v) is 6.55. The molecule has 1 heterocycles. The van der Waals surface area contributed by atoms with Gasteiger partial charge >= 0.3 is 0 Å². The molecule has 4 saturated carbocycles. The second-order valence-electron chi connectivity index (χ2n) is 9.23. The van der Waals surface area contributed by atoms with E-state index in [0.29, 0.717) is 15.9 Å². The zero-order valence-electron chi connectivity index (χ0n) is 16.5. The number of thiocarbonyl (C=S) groups is 1. The van der Waals surface area contributed by atoms with Crippen LogP contribution in [-0.2, 0) is 0 Å². The van der Waals surface area contributed by atoms with Gasteiger partial charge in [0.25, 0.3) is 5.91 Å². The molecule has 4 bridgehead atoms. The molecule has 0 unspecified atom stereocenters. The quantitative estimate of drug-likeness (QED) is 0.635. The normalized spacial score (nSPS) is 29.7. The number of carbonyl (C=O) groups is 1. The topological polar surface area (TPSA) is 54.3 Å². The largest absolute Gasteiger partial charge is 0.451 e. The summed E-state index contributed by atoms with van der Waals surface area (Å²) in [6.45, 7) is 1.95. The van der Waals surface area contributed by atoms with Gasteiger partial charge in [0.2, 0.25) is 0 Å². The van der Waals surface area contributed by atoms with E-state index in [-0.39, 0.29) is 17.2 Å². The summed E-state index contributed by atoms with van der Waals surface area (Å²) in [5, 5.41) is 7.42. The summed E-state index contributed by atoms with van der Waals surface area (Å²) in [4.78, 5) is 12.6. The first-order valence-corrected chi connectivity index (χ1v) is 11.2. The average molecular weight is 429 g/mol. The van der Waals surface area contributed by atoms with Gasteiger partial charge in [0.15, 0.2) is 10.9 Å². The Kier molecular flexibility index (Phi) is 4.71. The Morgan fingerprint density at radius 2 is 1.76 bits per heavy atom. The molecule has 0 atom stereocenters. The van der Waals surface area contributed by atoms with E-state index < -0.39 is 0 Å². The highest BCUT2D eigenvalue weighted by molar-refractivity contribution is 7.80. The van der Waals surface area contributed by atoms with Crippen molar-refractivity contribution < 1.29 is 9.21 Å². The maximum atomic E-state index is 12.6. The molecular weight excluding hydrogens is 404 g/mol. The molecule has 2 aromatic rings. The number of benzene rings is 1. The van der Waals surface area contributed by atoms with Crippen LogP contribution in [0, 0.1) is 24.7 Å². The number of hydrogen-bond acceptors (Lipinski definition) is 3. The Morgan fingerprint density at radius 3 is 2.38 bits per heavy atom. The molecule has 4 nitrogen and oxygen atoms in total. The number of nitrogens with one attached hydrogen (secondary N) is 2. The molecule has 0 spiro atoms. The average Bonchev–Trinajstić information content (AvgIpc) is 3.12. The molecule has 2 N–H and O–H groups in total. The molecule has 0 saturated heterocycles. The highest BCUT2D eigenvalue weighted by Gasteiger charge is 2.51. The predicted molar refractivity (Wildman–Crippen MR) is 118 cm³/mol. The summed E-state index contributed by atoms with van der Waals surface area (Å²) in [7, 11) is 0. The number of carbonyl (C=O) groups excluding carboxylic acids is 1. The van der Waals surface area contributed by atoms with E-state index in [1.54, 1.807) is 12.1 Å². The SMILES string of the molecule is Cc1ccc(-c2ccc(C(=O)NC(=S)NC34CC5CC(CC(C5)C3)C4)o2)cc1Cl. The second kappa shape index (κ2) is 7.13. The van der Waals surface area contributed by atoms with E-state index in [0.717, 1.165) is 28.9 Å². The van der Waals surface area contributed by atoms with Crippen molar-refractivity contribution in [3.63, 3.8) is 0 Å². The molecule has 152 valence electrons. The minimum atomic E-state index is -0.323. The van der Waals surface area contributed by atoms with Gasteiger partial charge in [-0.1, -0.05) is 23.7 Å². The molecule has 1 aromatic carbocycles. The van der Waals surface area contributed by atoms with Crippen molar-refractivity contribution in [1.29, 1.82) is 0 Å². The molecule has 4 aliphatic rings. The summed E-state index contributed by atoms with van der Waals surface area (Å²) in [6, 6.07) is 9.17. The van der Waals surface area contributed by atoms with E-state index in [2.05, 4.69) is 10.6 Å². The summed E-state index contributed by atoms with van der Waals surface area (Å²) < 4.78 is 5.76. The Balaban J connectivity index is 1.24. The van der Waals surface area contributed by atoms with Crippen LogP contribution in [0.4, 0.5) is 0 Å². The van der Waals surface area contributed by atoms with Crippen LogP contribution < -0.4 is 10.6 Å². The van der Waals surface area contributed by atoms with Crippen molar-refractivity contribution in [2.75, 3.05) is 0 Å². The summed E-state index contributed by atoms with van der Waals surface area (Å²) in [5.74, 6) is 2.99. The monoisotopic (exact) mass is 428 g/mol. The van der Waals surface area contributed by atoms with Gasteiger partial charge in [-0.15, -0.1) is 0 Å². The van der Waals surface area contributed by atoms with Gasteiger partial charge in [-0.25, -0.2) is 0 Å². The molecule has 0 aliphatic heterocycles. The van der Waals surface area contributed by atoms with E-state index in [1.165, 1.54) is 38.5 Å². The third kappa shape index (κ3) is 3.71. The molecule has 0 radical (unpaired) electrons. The van der Waals surface area contributed by atoms with Gasteiger partial charge in [0.1, 0.15) is 5.76 Å². The van der Waals surface area contributed by atoms with Crippen LogP contribution in [-0.4, -0.2) is 16.6 Å². The first-order valence-electron chi connectivity index (χ1n) is 10.4. The Morgan fingerprint density at radius 1 is 1.10 bits per heavy atom. The van der Waals surface area contributed by atoms with Gasteiger partial charge in [-0.2, -0.15) is 0 Å². The van der Waals surface area contributed by atoms with Crippen LogP contribution >= 0.6 is 23.8 Å². The lowest BCUT2D eigenvalue weighted by Crippen LogP contribution is -2.61. The van der Waals surface area contributed by atoms with Crippen molar-refractivity contribution in [1.82, 2.24) is 10.6 Å². The molecule has 29 heavy (non-hydrogen) atoms. The number of hydrogen-bond donors (Lipinski definition) is 2. The second-order valence-corrected chi connectivity index (χ2v) is 10.0. The van der Waals surface area contributed by atoms with E-state index in [9.17, 15) is 4.79 Å². The highest BCUT2D eigenvalue weighted by atomic mass is 35.5. The van der Waals surface area contributed by atoms with Crippen LogP contribution in [0.3, 0.4) is 0 Å². The van der Waals surface area contributed by atoms with Gasteiger partial charge in [-0.3, -0.25) is 10.1 Å². The van der Waals surface area contributed by atoms with Crippen LogP contribution in [0.1, 0.15) is 54.6 Å². The first-order chi connectivity index (χ1) is 13.9. The smallest absolute Gasteiger partial charge is 0.293 e. The third-order valence-corrected chi connectivity index (χ3v) is 7.54. The predicted octanol–water partition coefficient (Wildman–Crippen LogP) is 5.48. The summed E-state index contributed by atoms with van der Waals surface area (Å²) in [5.41, 5.74) is 1.92. The maximum absolute atomic E-state index is 12.6. The fourth-order valence-electron chi connectivity index (χ4n) is 6.06. The fraction of sp³-hybridized carbons (Fsp3) is 0.478. The highest BCUT2D eigenvalue weighted by Crippen LogP contribution is 2.55. The van der Waals surface area contributed by atoms with Gasteiger partial charge in [-0.05, 0) is 99.2 Å². The van der Waals surface area contributed by atoms with Gasteiger partial charge < -0.3 is 9.73 Å². The number of amides is 1. The van der Waals surface area contributed by atoms with Crippen molar-refractivity contribution in [3.05, 3.63) is 46.7 Å². The minimum Gasteiger partial charge on any atom is -0.451 e. The number of furan rings is 1. The number of rotatable bonds is 3. The minimum absolute atomic E-state index is 0.0755. The standard InChI is InChI=1S/C23H25ClN2O2S/c1-13-2-3-17(9-18(13)24)19-4-5-20(28-19)21(27)25-22(29)26-23-10-14-6-15(11-23)8-16(7-14)12-23/h2-5,9,14-16H,6-8,10-12H2,1H3,(H2,25,26,27,29).